The SMILES string of the molecule is CN(/C=C(/C#N)C(=O)Nc1ccccc1Sc1ccccc1)c1ccc(O)cc1. The molecule has 144 valence electrons. The molecule has 6 heteroatoms. The summed E-state index contributed by atoms with van der Waals surface area (Å²) in [5.41, 5.74) is 1.35. The average molecular weight is 401 g/mol. The molecule has 0 saturated carbocycles. The second-order valence-electron chi connectivity index (χ2n) is 6.15. The summed E-state index contributed by atoms with van der Waals surface area (Å²) < 4.78 is 0. The lowest BCUT2D eigenvalue weighted by Gasteiger charge is -2.15. The molecule has 1 amide bonds. The zero-order chi connectivity index (χ0) is 20.6. The number of rotatable bonds is 6. The van der Waals surface area contributed by atoms with Crippen LogP contribution in [0.1, 0.15) is 0 Å². The molecule has 0 unspecified atom stereocenters. The Kier molecular flexibility index (Phi) is 6.56. The highest BCUT2D eigenvalue weighted by molar-refractivity contribution is 7.99. The summed E-state index contributed by atoms with van der Waals surface area (Å²) in [4.78, 5) is 16.3. The van der Waals surface area contributed by atoms with Crippen molar-refractivity contribution in [2.24, 2.45) is 0 Å². The number of nitrogens with one attached hydrogen (secondary N) is 1. The minimum absolute atomic E-state index is 0.0277. The van der Waals surface area contributed by atoms with E-state index in [2.05, 4.69) is 5.32 Å². The maximum absolute atomic E-state index is 12.7. The van der Waals surface area contributed by atoms with Crippen LogP contribution in [-0.4, -0.2) is 18.1 Å². The number of phenols is 1. The van der Waals surface area contributed by atoms with E-state index in [4.69, 9.17) is 0 Å². The Balaban J connectivity index is 1.78. The number of nitrogens with zero attached hydrogens (tertiary/aromatic N) is 2. The van der Waals surface area contributed by atoms with Gasteiger partial charge >= 0.3 is 0 Å². The molecule has 3 aromatic rings. The third-order valence-corrected chi connectivity index (χ3v) is 5.13. The molecule has 0 aromatic heterocycles. The minimum atomic E-state index is -0.487. The Labute approximate surface area is 173 Å². The molecule has 3 aromatic carbocycles. The quantitative estimate of drug-likeness (QED) is 0.448. The van der Waals surface area contributed by atoms with Crippen molar-refractivity contribution < 1.29 is 9.90 Å². The summed E-state index contributed by atoms with van der Waals surface area (Å²) >= 11 is 1.54. The molecule has 0 spiro atoms. The molecule has 0 aliphatic carbocycles. The van der Waals surface area contributed by atoms with Crippen LogP contribution in [0.5, 0.6) is 5.75 Å². The van der Waals surface area contributed by atoms with E-state index in [0.29, 0.717) is 5.69 Å². The van der Waals surface area contributed by atoms with Gasteiger partial charge in [0.1, 0.15) is 17.4 Å². The third-order valence-electron chi connectivity index (χ3n) is 4.05. The van der Waals surface area contributed by atoms with Crippen molar-refractivity contribution in [3.63, 3.8) is 0 Å². The van der Waals surface area contributed by atoms with Gasteiger partial charge in [-0.1, -0.05) is 42.1 Å². The Bertz CT molecular complexity index is 1060. The predicted molar refractivity (Wildman–Crippen MR) is 116 cm³/mol. The summed E-state index contributed by atoms with van der Waals surface area (Å²) in [6, 6.07) is 25.8. The Morgan fingerprint density at radius 2 is 1.69 bits per heavy atom. The number of para-hydroxylation sites is 1. The van der Waals surface area contributed by atoms with Gasteiger partial charge in [0.15, 0.2) is 0 Å². The topological polar surface area (TPSA) is 76.4 Å². The molecule has 0 bridgehead atoms. The molecule has 0 aliphatic rings. The van der Waals surface area contributed by atoms with E-state index in [9.17, 15) is 15.2 Å². The second kappa shape index (κ2) is 9.49. The maximum Gasteiger partial charge on any atom is 0.267 e. The van der Waals surface area contributed by atoms with Gasteiger partial charge in [0.25, 0.3) is 5.91 Å². The highest BCUT2D eigenvalue weighted by atomic mass is 32.2. The summed E-state index contributed by atoms with van der Waals surface area (Å²) in [6.45, 7) is 0. The van der Waals surface area contributed by atoms with Gasteiger partial charge < -0.3 is 15.3 Å². The number of carbonyl (C=O) groups is 1. The van der Waals surface area contributed by atoms with Crippen LogP contribution in [0.25, 0.3) is 0 Å². The second-order valence-corrected chi connectivity index (χ2v) is 7.26. The maximum atomic E-state index is 12.7. The lowest BCUT2D eigenvalue weighted by molar-refractivity contribution is -0.112. The summed E-state index contributed by atoms with van der Waals surface area (Å²) in [5, 5.41) is 21.7. The van der Waals surface area contributed by atoms with Crippen LogP contribution in [0.15, 0.2) is 100 Å². The lowest BCUT2D eigenvalue weighted by Crippen LogP contribution is -2.18. The fourth-order valence-corrected chi connectivity index (χ4v) is 3.48. The van der Waals surface area contributed by atoms with Gasteiger partial charge in [0.2, 0.25) is 0 Å². The standard InChI is InChI=1S/C23H19N3O2S/c1-26(18-11-13-19(27)14-12-18)16-17(15-24)23(28)25-21-9-5-6-10-22(21)29-20-7-3-2-4-8-20/h2-14,16,27H,1H3,(H,25,28)/b17-16-. The number of aromatic hydroxyl groups is 1. The van der Waals surface area contributed by atoms with Crippen molar-refractivity contribution in [1.29, 1.82) is 5.26 Å². The van der Waals surface area contributed by atoms with Gasteiger partial charge in [0, 0.05) is 28.7 Å². The molecule has 29 heavy (non-hydrogen) atoms. The molecule has 0 fully saturated rings. The Morgan fingerprint density at radius 3 is 2.38 bits per heavy atom. The third kappa shape index (κ3) is 5.41. The largest absolute Gasteiger partial charge is 0.508 e. The van der Waals surface area contributed by atoms with Crippen LogP contribution in [0.2, 0.25) is 0 Å². The summed E-state index contributed by atoms with van der Waals surface area (Å²) in [5.74, 6) is -0.337. The van der Waals surface area contributed by atoms with E-state index in [-0.39, 0.29) is 11.3 Å². The van der Waals surface area contributed by atoms with Gasteiger partial charge in [0.05, 0.1) is 5.69 Å². The van der Waals surface area contributed by atoms with Crippen molar-refractivity contribution in [3.8, 4) is 11.8 Å². The van der Waals surface area contributed by atoms with Crippen molar-refractivity contribution in [2.45, 2.75) is 9.79 Å². The van der Waals surface area contributed by atoms with Crippen molar-refractivity contribution in [1.82, 2.24) is 0 Å². The van der Waals surface area contributed by atoms with Gasteiger partial charge in [-0.3, -0.25) is 4.79 Å². The number of carbonyl (C=O) groups excluding carboxylic acids is 1. The highest BCUT2D eigenvalue weighted by Crippen LogP contribution is 2.33. The smallest absolute Gasteiger partial charge is 0.267 e. The van der Waals surface area contributed by atoms with E-state index in [1.54, 1.807) is 36.2 Å². The molecule has 5 nitrogen and oxygen atoms in total. The molecule has 0 heterocycles. The van der Waals surface area contributed by atoms with Crippen LogP contribution in [-0.2, 0) is 4.79 Å². The van der Waals surface area contributed by atoms with Crippen LogP contribution in [0, 0.1) is 11.3 Å². The van der Waals surface area contributed by atoms with Gasteiger partial charge in [-0.05, 0) is 48.5 Å². The lowest BCUT2D eigenvalue weighted by atomic mass is 10.2. The average Bonchev–Trinajstić information content (AvgIpc) is 2.74. The van der Waals surface area contributed by atoms with E-state index >= 15 is 0 Å². The molecular weight excluding hydrogens is 382 g/mol. The van der Waals surface area contributed by atoms with Crippen LogP contribution >= 0.6 is 11.8 Å². The van der Waals surface area contributed by atoms with Crippen LogP contribution in [0.3, 0.4) is 0 Å². The summed E-state index contributed by atoms with van der Waals surface area (Å²) in [7, 11) is 1.73. The first-order chi connectivity index (χ1) is 14.1. The highest BCUT2D eigenvalue weighted by Gasteiger charge is 2.13. The molecule has 3 rings (SSSR count). The number of anilines is 2. The van der Waals surface area contributed by atoms with Crippen molar-refractivity contribution in [3.05, 3.63) is 90.6 Å². The van der Waals surface area contributed by atoms with Gasteiger partial charge in [-0.25, -0.2) is 0 Å². The summed E-state index contributed by atoms with van der Waals surface area (Å²) in [6.07, 6.45) is 1.47. The van der Waals surface area contributed by atoms with Gasteiger partial charge in [-0.15, -0.1) is 0 Å². The van der Waals surface area contributed by atoms with E-state index < -0.39 is 5.91 Å². The molecule has 0 aliphatic heterocycles. The van der Waals surface area contributed by atoms with E-state index in [1.165, 1.54) is 18.0 Å². The number of hydrogen-bond donors (Lipinski definition) is 2. The molecule has 2 N–H and O–H groups in total. The first-order valence-electron chi connectivity index (χ1n) is 8.84. The first-order valence-corrected chi connectivity index (χ1v) is 9.65. The Morgan fingerprint density at radius 1 is 1.03 bits per heavy atom. The predicted octanol–water partition coefficient (Wildman–Crippen LogP) is 5.03. The molecular formula is C23H19N3O2S. The number of benzene rings is 3. The van der Waals surface area contributed by atoms with Crippen LogP contribution < -0.4 is 10.2 Å². The fraction of sp³-hybridized carbons (Fsp3) is 0.0435. The number of phenolic OH excluding ortho intramolecular Hbond substituents is 1. The Hall–Kier alpha value is -3.69. The minimum Gasteiger partial charge on any atom is -0.508 e. The zero-order valence-electron chi connectivity index (χ0n) is 15.7. The van der Waals surface area contributed by atoms with Crippen molar-refractivity contribution >= 4 is 29.0 Å². The zero-order valence-corrected chi connectivity index (χ0v) is 16.6. The normalized spacial score (nSPS) is 10.8. The monoisotopic (exact) mass is 401 g/mol. The van der Waals surface area contributed by atoms with E-state index in [1.807, 2.05) is 60.7 Å². The van der Waals surface area contributed by atoms with E-state index in [0.717, 1.165) is 15.5 Å². The molecule has 0 atom stereocenters. The molecule has 0 radical (unpaired) electrons. The van der Waals surface area contributed by atoms with Crippen molar-refractivity contribution in [2.75, 3.05) is 17.3 Å². The number of nitriles is 1. The first kappa shape index (κ1) is 20.1. The fourth-order valence-electron chi connectivity index (χ4n) is 2.56. The number of hydrogen-bond acceptors (Lipinski definition) is 5. The number of amides is 1. The van der Waals surface area contributed by atoms with Crippen LogP contribution in [0.4, 0.5) is 11.4 Å². The molecule has 0 saturated heterocycles. The van der Waals surface area contributed by atoms with Gasteiger partial charge in [-0.2, -0.15) is 5.26 Å².